The second-order valence-corrected chi connectivity index (χ2v) is 10.9. The van der Waals surface area contributed by atoms with Crippen molar-refractivity contribution < 1.29 is 0 Å². The van der Waals surface area contributed by atoms with E-state index < -0.39 is 7.21 Å². The molecule has 4 rings (SSSR count). The maximum absolute atomic E-state index is 2.93. The van der Waals surface area contributed by atoms with Crippen LogP contribution < -0.4 is 0 Å². The van der Waals surface area contributed by atoms with Gasteiger partial charge in [0.05, 0.1) is 0 Å². The van der Waals surface area contributed by atoms with E-state index in [0.29, 0.717) is 0 Å². The molecule has 0 unspecified atom stereocenters. The van der Waals surface area contributed by atoms with E-state index in [-0.39, 0.29) is 0 Å². The first-order valence-electron chi connectivity index (χ1n) is 7.35. The molecule has 0 saturated carbocycles. The topological polar surface area (TPSA) is 13.0 Å². The molecule has 0 radical (unpaired) electrons. The molecule has 17 heavy (non-hydrogen) atoms. The molecule has 0 bridgehead atoms. The molecule has 0 aliphatic carbocycles. The molecule has 4 aliphatic heterocycles. The van der Waals surface area contributed by atoms with E-state index in [1.54, 1.807) is 0 Å². The minimum atomic E-state index is -1.89. The van der Waals surface area contributed by atoms with Gasteiger partial charge in [0.25, 0.3) is 0 Å². The predicted molar refractivity (Wildman–Crippen MR) is 73.0 cm³/mol. The first-order chi connectivity index (χ1) is 8.32. The Hall–Kier alpha value is 0.270. The minimum absolute atomic E-state index is 1.34. The third kappa shape index (κ3) is 0.976. The summed E-state index contributed by atoms with van der Waals surface area (Å²) in [6, 6.07) is 0. The molecular formula is C12H25N4P. The van der Waals surface area contributed by atoms with Crippen molar-refractivity contribution in [3.8, 4) is 0 Å². The Balaban J connectivity index is 1.85. The second kappa shape index (κ2) is 3.43. The summed E-state index contributed by atoms with van der Waals surface area (Å²) < 4.78 is 11.7. The van der Waals surface area contributed by atoms with Crippen LogP contribution in [0.1, 0.15) is 19.8 Å². The quantitative estimate of drug-likeness (QED) is 0.705. The molecular weight excluding hydrogens is 231 g/mol. The zero-order valence-corrected chi connectivity index (χ0v) is 11.9. The zero-order valence-electron chi connectivity index (χ0n) is 11.0. The Bertz CT molecular complexity index is 272. The summed E-state index contributed by atoms with van der Waals surface area (Å²) in [4.78, 5) is 0. The molecule has 1 spiro atoms. The third-order valence-corrected chi connectivity index (χ3v) is 13.0. The van der Waals surface area contributed by atoms with Gasteiger partial charge in [0.1, 0.15) is 0 Å². The molecule has 4 aliphatic rings. The van der Waals surface area contributed by atoms with Crippen LogP contribution in [0.2, 0.25) is 0 Å². The molecule has 4 fully saturated rings. The van der Waals surface area contributed by atoms with Crippen LogP contribution in [-0.2, 0) is 0 Å². The summed E-state index contributed by atoms with van der Waals surface area (Å²) in [5.41, 5.74) is 0. The Labute approximate surface area is 105 Å². The van der Waals surface area contributed by atoms with Crippen LogP contribution in [0, 0.1) is 0 Å². The van der Waals surface area contributed by atoms with Crippen molar-refractivity contribution in [3.05, 3.63) is 0 Å². The van der Waals surface area contributed by atoms with Gasteiger partial charge in [0.2, 0.25) is 0 Å². The average Bonchev–Trinajstić information content (AvgIpc) is 2.94. The fraction of sp³-hybridized carbons (Fsp3) is 1.00. The zero-order chi connectivity index (χ0) is 11.5. The molecule has 0 aromatic carbocycles. The number of rotatable bonds is 3. The fourth-order valence-electron chi connectivity index (χ4n) is 5.09. The van der Waals surface area contributed by atoms with E-state index in [0.717, 1.165) is 0 Å². The summed E-state index contributed by atoms with van der Waals surface area (Å²) in [6.07, 6.45) is 4.22. The van der Waals surface area contributed by atoms with Crippen LogP contribution in [0.15, 0.2) is 0 Å². The van der Waals surface area contributed by atoms with E-state index in [9.17, 15) is 0 Å². The van der Waals surface area contributed by atoms with Crippen molar-refractivity contribution in [2.24, 2.45) is 0 Å². The van der Waals surface area contributed by atoms with Crippen molar-refractivity contribution in [3.63, 3.8) is 0 Å². The van der Waals surface area contributed by atoms with Gasteiger partial charge in [-0.15, -0.1) is 0 Å². The Kier molecular flexibility index (Phi) is 2.24. The molecule has 5 heteroatoms. The van der Waals surface area contributed by atoms with Gasteiger partial charge in [0.15, 0.2) is 0 Å². The molecule has 4 saturated heterocycles. The van der Waals surface area contributed by atoms with Crippen LogP contribution in [-0.4, -0.2) is 77.2 Å². The van der Waals surface area contributed by atoms with Gasteiger partial charge in [-0.3, -0.25) is 0 Å². The van der Waals surface area contributed by atoms with Crippen LogP contribution in [0.25, 0.3) is 0 Å². The number of hydrogen-bond donors (Lipinski definition) is 0. The van der Waals surface area contributed by atoms with Crippen LogP contribution in [0.3, 0.4) is 0 Å². The normalized spacial score (nSPS) is 38.1. The van der Waals surface area contributed by atoms with Crippen molar-refractivity contribution in [1.82, 2.24) is 18.7 Å². The summed E-state index contributed by atoms with van der Waals surface area (Å²) >= 11 is 0. The molecule has 0 atom stereocenters. The van der Waals surface area contributed by atoms with Gasteiger partial charge in [-0.05, 0) is 0 Å². The monoisotopic (exact) mass is 256 g/mol. The Morgan fingerprint density at radius 3 is 1.35 bits per heavy atom. The molecule has 4 heterocycles. The number of hydrogen-bond acceptors (Lipinski definition) is 4. The van der Waals surface area contributed by atoms with E-state index in [1.807, 2.05) is 0 Å². The summed E-state index contributed by atoms with van der Waals surface area (Å²) in [5, 5.41) is 0. The Morgan fingerprint density at radius 2 is 1.06 bits per heavy atom. The van der Waals surface area contributed by atoms with Crippen molar-refractivity contribution in [1.29, 1.82) is 0 Å². The fourth-order valence-corrected chi connectivity index (χ4v) is 13.2. The van der Waals surface area contributed by atoms with Crippen LogP contribution in [0.4, 0.5) is 0 Å². The summed E-state index contributed by atoms with van der Waals surface area (Å²) in [5.74, 6) is 0. The van der Waals surface area contributed by atoms with Gasteiger partial charge in [-0.1, -0.05) is 0 Å². The van der Waals surface area contributed by atoms with Crippen LogP contribution >= 0.6 is 7.21 Å². The van der Waals surface area contributed by atoms with Gasteiger partial charge < -0.3 is 0 Å². The average molecular weight is 256 g/mol. The molecule has 0 aromatic rings. The first-order valence-corrected chi connectivity index (χ1v) is 9.59. The van der Waals surface area contributed by atoms with Gasteiger partial charge in [-0.2, -0.15) is 0 Å². The molecule has 0 amide bonds. The number of nitrogens with zero attached hydrogens (tertiary/aromatic N) is 4. The molecule has 4 nitrogen and oxygen atoms in total. The summed E-state index contributed by atoms with van der Waals surface area (Å²) in [6.45, 7) is 13.1. The van der Waals surface area contributed by atoms with Crippen molar-refractivity contribution in [2.75, 3.05) is 58.5 Å². The number of unbranched alkanes of at least 4 members (excludes halogenated alkanes) is 1. The maximum atomic E-state index is 2.93. The Morgan fingerprint density at radius 1 is 0.706 bits per heavy atom. The molecule has 0 N–H and O–H groups in total. The standard InChI is InChI=1S/C12H25N4P/c1-2-3-12-17-13-4-5-14(17)8-9-16(17)11-10-15(17)7-6-13/h2-12H2,1H3. The van der Waals surface area contributed by atoms with Gasteiger partial charge in [0, 0.05) is 0 Å². The summed E-state index contributed by atoms with van der Waals surface area (Å²) in [7, 11) is -1.89. The third-order valence-electron chi connectivity index (χ3n) is 5.69. The van der Waals surface area contributed by atoms with Crippen molar-refractivity contribution in [2.45, 2.75) is 19.8 Å². The van der Waals surface area contributed by atoms with Crippen LogP contribution in [0.5, 0.6) is 0 Å². The van der Waals surface area contributed by atoms with E-state index in [4.69, 9.17) is 0 Å². The molecule has 98 valence electrons. The predicted octanol–water partition coefficient (Wildman–Crippen LogP) is 1.26. The van der Waals surface area contributed by atoms with Gasteiger partial charge >= 0.3 is 104 Å². The van der Waals surface area contributed by atoms with E-state index in [1.165, 1.54) is 71.4 Å². The van der Waals surface area contributed by atoms with Crippen molar-refractivity contribution >= 4 is 7.21 Å². The van der Waals surface area contributed by atoms with E-state index in [2.05, 4.69) is 25.6 Å². The first kappa shape index (κ1) is 11.1. The van der Waals surface area contributed by atoms with E-state index >= 15 is 0 Å². The second-order valence-electron chi connectivity index (χ2n) is 5.99. The van der Waals surface area contributed by atoms with Gasteiger partial charge in [-0.25, -0.2) is 0 Å². The molecule has 0 aromatic heterocycles. The SMILES string of the molecule is CCCCP123N4CCN1CCN2CCN3CC4.